The lowest BCUT2D eigenvalue weighted by molar-refractivity contribution is 0.112. The van der Waals surface area contributed by atoms with E-state index in [9.17, 15) is 9.90 Å². The van der Waals surface area contributed by atoms with Crippen LogP contribution in [0.25, 0.3) is 27.5 Å². The molecule has 28 heavy (non-hydrogen) atoms. The van der Waals surface area contributed by atoms with E-state index in [2.05, 4.69) is 5.10 Å². The van der Waals surface area contributed by atoms with Gasteiger partial charge in [0.15, 0.2) is 5.65 Å². The first kappa shape index (κ1) is 17.0. The van der Waals surface area contributed by atoms with E-state index in [0.717, 1.165) is 22.4 Å². The molecule has 5 heterocycles. The predicted octanol–water partition coefficient (Wildman–Crippen LogP) is 2.90. The minimum absolute atomic E-state index is 0.364. The van der Waals surface area contributed by atoms with Crippen LogP contribution in [0.4, 0.5) is 5.82 Å². The number of pyridine rings is 1. The maximum Gasteiger partial charge on any atom is 0.165 e. The van der Waals surface area contributed by atoms with Crippen molar-refractivity contribution in [1.82, 2.24) is 19.6 Å². The summed E-state index contributed by atoms with van der Waals surface area (Å²) < 4.78 is 1.71. The van der Waals surface area contributed by atoms with E-state index in [0.29, 0.717) is 42.2 Å². The van der Waals surface area contributed by atoms with Crippen molar-refractivity contribution in [1.29, 1.82) is 0 Å². The smallest absolute Gasteiger partial charge is 0.165 e. The number of hydrogen-bond donors (Lipinski definition) is 1. The number of aldehydes is 1. The van der Waals surface area contributed by atoms with Gasteiger partial charge in [-0.05, 0) is 36.1 Å². The van der Waals surface area contributed by atoms with E-state index in [-0.39, 0.29) is 6.10 Å². The Morgan fingerprint density at radius 1 is 1.21 bits per heavy atom. The molecule has 1 unspecified atom stereocenters. The third-order valence-electron chi connectivity index (χ3n) is 4.88. The normalized spacial score (nSPS) is 16.8. The number of aliphatic hydroxyl groups is 1. The first-order valence-corrected chi connectivity index (χ1v) is 9.88. The molecular weight excluding hydrogens is 374 g/mol. The van der Waals surface area contributed by atoms with E-state index in [1.807, 2.05) is 34.7 Å². The number of nitrogens with zero attached hydrogens (tertiary/aromatic N) is 5. The van der Waals surface area contributed by atoms with Crippen LogP contribution >= 0.6 is 11.3 Å². The lowest BCUT2D eigenvalue weighted by Gasteiger charge is -2.17. The van der Waals surface area contributed by atoms with Gasteiger partial charge in [0.2, 0.25) is 0 Å². The number of aromatic nitrogens is 4. The van der Waals surface area contributed by atoms with Gasteiger partial charge in [0.1, 0.15) is 12.1 Å². The summed E-state index contributed by atoms with van der Waals surface area (Å²) in [5.41, 5.74) is 3.51. The topological polar surface area (TPSA) is 83.6 Å². The number of β-amino-alcohol motifs (C(OH)–C–C–N with tert-alkyl or cyclic N) is 1. The highest BCUT2D eigenvalue weighted by molar-refractivity contribution is 7.13. The van der Waals surface area contributed by atoms with Crippen LogP contribution in [0.1, 0.15) is 16.8 Å². The molecule has 0 spiro atoms. The highest BCUT2D eigenvalue weighted by atomic mass is 32.1. The lowest BCUT2D eigenvalue weighted by atomic mass is 10.1. The molecule has 4 aromatic heterocycles. The molecule has 0 amide bonds. The van der Waals surface area contributed by atoms with Crippen LogP contribution < -0.4 is 4.90 Å². The van der Waals surface area contributed by atoms with Gasteiger partial charge in [0.05, 0.1) is 34.1 Å². The quantitative estimate of drug-likeness (QED) is 0.539. The maximum absolute atomic E-state index is 11.5. The number of hydrogen-bond acceptors (Lipinski definition) is 7. The van der Waals surface area contributed by atoms with E-state index in [1.54, 1.807) is 34.2 Å². The minimum Gasteiger partial charge on any atom is -0.391 e. The second kappa shape index (κ2) is 6.81. The molecule has 1 aliphatic rings. The molecule has 0 aliphatic carbocycles. The van der Waals surface area contributed by atoms with Gasteiger partial charge in [-0.25, -0.2) is 14.5 Å². The number of thiophene rings is 1. The second-order valence-corrected chi connectivity index (χ2v) is 7.71. The van der Waals surface area contributed by atoms with Gasteiger partial charge in [-0.1, -0.05) is 6.07 Å². The van der Waals surface area contributed by atoms with Gasteiger partial charge in [-0.2, -0.15) is 5.10 Å². The third-order valence-corrected chi connectivity index (χ3v) is 5.77. The Morgan fingerprint density at radius 2 is 2.14 bits per heavy atom. The molecule has 7 nitrogen and oxygen atoms in total. The predicted molar refractivity (Wildman–Crippen MR) is 108 cm³/mol. The summed E-state index contributed by atoms with van der Waals surface area (Å²) >= 11 is 1.63. The maximum atomic E-state index is 11.5. The van der Waals surface area contributed by atoms with Crippen molar-refractivity contribution in [3.8, 4) is 21.8 Å². The summed E-state index contributed by atoms with van der Waals surface area (Å²) in [4.78, 5) is 24.1. The van der Waals surface area contributed by atoms with Gasteiger partial charge >= 0.3 is 0 Å². The first-order valence-electron chi connectivity index (χ1n) is 9.00. The summed E-state index contributed by atoms with van der Waals surface area (Å²) in [5, 5.41) is 16.2. The van der Waals surface area contributed by atoms with E-state index < -0.39 is 0 Å². The molecule has 0 bridgehead atoms. The number of aliphatic hydroxyl groups excluding tert-OH is 1. The summed E-state index contributed by atoms with van der Waals surface area (Å²) in [5.74, 6) is 0.685. The standard InChI is InChI=1S/C20H17N5O2S/c26-12-13-8-17(22-19(9-13)24-5-3-14(27)11-24)15-10-21-25-6-4-16(23-20(15)25)18-2-1-7-28-18/h1-2,4,6-10,12,14,27H,3,5,11H2. The highest BCUT2D eigenvalue weighted by Gasteiger charge is 2.23. The Labute approximate surface area is 164 Å². The minimum atomic E-state index is -0.364. The summed E-state index contributed by atoms with van der Waals surface area (Å²) in [6.45, 7) is 1.23. The fraction of sp³-hybridized carbons (Fsp3) is 0.200. The zero-order chi connectivity index (χ0) is 19.1. The van der Waals surface area contributed by atoms with Gasteiger partial charge in [0.25, 0.3) is 0 Å². The van der Waals surface area contributed by atoms with Crippen LogP contribution in [0.3, 0.4) is 0 Å². The molecule has 1 aliphatic heterocycles. The molecule has 1 N–H and O–H groups in total. The number of carbonyl (C=O) groups excluding carboxylic acids is 1. The number of fused-ring (bicyclic) bond motifs is 1. The average Bonchev–Trinajstić information content (AvgIpc) is 3.47. The van der Waals surface area contributed by atoms with E-state index in [4.69, 9.17) is 9.97 Å². The Kier molecular flexibility index (Phi) is 4.14. The third kappa shape index (κ3) is 2.96. The van der Waals surface area contributed by atoms with Crippen LogP contribution in [0.5, 0.6) is 0 Å². The van der Waals surface area contributed by atoms with Gasteiger partial charge in [0, 0.05) is 24.8 Å². The number of carbonyl (C=O) groups is 1. The molecular formula is C20H17N5O2S. The largest absolute Gasteiger partial charge is 0.391 e. The lowest BCUT2D eigenvalue weighted by Crippen LogP contribution is -2.22. The van der Waals surface area contributed by atoms with E-state index in [1.165, 1.54) is 0 Å². The Bertz CT molecular complexity index is 1150. The molecule has 1 saturated heterocycles. The molecule has 8 heteroatoms. The average molecular weight is 391 g/mol. The summed E-state index contributed by atoms with van der Waals surface area (Å²) in [7, 11) is 0. The molecule has 4 aromatic rings. The molecule has 140 valence electrons. The van der Waals surface area contributed by atoms with Crippen molar-refractivity contribution >= 4 is 29.1 Å². The Balaban J connectivity index is 1.63. The monoisotopic (exact) mass is 391 g/mol. The fourth-order valence-electron chi connectivity index (χ4n) is 3.47. The molecule has 0 saturated carbocycles. The van der Waals surface area contributed by atoms with Crippen LogP contribution in [-0.2, 0) is 0 Å². The van der Waals surface area contributed by atoms with Crippen LogP contribution in [0.15, 0.2) is 48.1 Å². The Hall–Kier alpha value is -3.10. The molecule has 0 radical (unpaired) electrons. The van der Waals surface area contributed by atoms with Crippen molar-refractivity contribution < 1.29 is 9.90 Å². The van der Waals surface area contributed by atoms with Crippen molar-refractivity contribution in [2.75, 3.05) is 18.0 Å². The Morgan fingerprint density at radius 3 is 2.89 bits per heavy atom. The van der Waals surface area contributed by atoms with Gasteiger partial charge in [-0.15, -0.1) is 11.3 Å². The molecule has 5 rings (SSSR count). The highest BCUT2D eigenvalue weighted by Crippen LogP contribution is 2.29. The van der Waals surface area contributed by atoms with Gasteiger partial charge in [-0.3, -0.25) is 4.79 Å². The number of anilines is 1. The van der Waals surface area contributed by atoms with Crippen LogP contribution in [-0.4, -0.2) is 50.2 Å². The van der Waals surface area contributed by atoms with Crippen LogP contribution in [0.2, 0.25) is 0 Å². The van der Waals surface area contributed by atoms with Crippen molar-refractivity contribution in [3.05, 3.63) is 53.7 Å². The molecule has 1 atom stereocenters. The van der Waals surface area contributed by atoms with Crippen molar-refractivity contribution in [2.45, 2.75) is 12.5 Å². The second-order valence-electron chi connectivity index (χ2n) is 6.77. The molecule has 1 fully saturated rings. The van der Waals surface area contributed by atoms with Crippen molar-refractivity contribution in [3.63, 3.8) is 0 Å². The fourth-order valence-corrected chi connectivity index (χ4v) is 4.16. The van der Waals surface area contributed by atoms with Crippen molar-refractivity contribution in [2.24, 2.45) is 0 Å². The summed E-state index contributed by atoms with van der Waals surface area (Å²) in [6, 6.07) is 9.46. The van der Waals surface area contributed by atoms with Crippen LogP contribution in [0, 0.1) is 0 Å². The zero-order valence-electron chi connectivity index (χ0n) is 14.9. The molecule has 0 aromatic carbocycles. The zero-order valence-corrected chi connectivity index (χ0v) is 15.7. The number of rotatable bonds is 4. The first-order chi connectivity index (χ1) is 13.7. The summed E-state index contributed by atoms with van der Waals surface area (Å²) in [6.07, 6.45) is 4.75. The van der Waals surface area contributed by atoms with Gasteiger partial charge < -0.3 is 10.0 Å². The SMILES string of the molecule is O=Cc1cc(-c2cnn3ccc(-c4cccs4)nc23)nc(N2CCC(O)C2)c1. The van der Waals surface area contributed by atoms with E-state index >= 15 is 0 Å².